The maximum absolute atomic E-state index is 15.3. The third-order valence-electron chi connectivity index (χ3n) is 5.89. The van der Waals surface area contributed by atoms with Crippen molar-refractivity contribution in [1.29, 1.82) is 0 Å². The number of nitrogens with two attached hydrogens (primary N) is 1. The lowest BCUT2D eigenvalue weighted by molar-refractivity contribution is 0.103. The first-order chi connectivity index (χ1) is 16.3. The summed E-state index contributed by atoms with van der Waals surface area (Å²) < 4.78 is 30.0. The van der Waals surface area contributed by atoms with Crippen LogP contribution in [0.3, 0.4) is 0 Å². The number of hydrogen-bond donors (Lipinski definition) is 2. The number of halogens is 2. The van der Waals surface area contributed by atoms with Gasteiger partial charge in [-0.25, -0.2) is 28.2 Å². The predicted octanol–water partition coefficient (Wildman–Crippen LogP) is 3.51. The highest BCUT2D eigenvalue weighted by atomic mass is 19.1. The van der Waals surface area contributed by atoms with Gasteiger partial charge in [0.15, 0.2) is 11.4 Å². The fourth-order valence-electron chi connectivity index (χ4n) is 4.17. The Kier molecular flexibility index (Phi) is 5.16. The van der Waals surface area contributed by atoms with E-state index in [1.807, 2.05) is 0 Å². The Morgan fingerprint density at radius 2 is 1.79 bits per heavy atom. The van der Waals surface area contributed by atoms with Crippen LogP contribution in [0.15, 0.2) is 48.8 Å². The van der Waals surface area contributed by atoms with Crippen molar-refractivity contribution in [2.45, 2.75) is 12.5 Å². The van der Waals surface area contributed by atoms with Crippen LogP contribution in [0.5, 0.6) is 0 Å². The van der Waals surface area contributed by atoms with Gasteiger partial charge < -0.3 is 15.7 Å². The molecule has 5 rings (SSSR count). The smallest absolute Gasteiger partial charge is 0.407 e. The van der Waals surface area contributed by atoms with Crippen molar-refractivity contribution >= 4 is 28.7 Å². The molecular weight excluding hydrogens is 446 g/mol. The van der Waals surface area contributed by atoms with Gasteiger partial charge in [0.2, 0.25) is 0 Å². The summed E-state index contributed by atoms with van der Waals surface area (Å²) in [5.41, 5.74) is 7.05. The predicted molar refractivity (Wildman–Crippen MR) is 118 cm³/mol. The van der Waals surface area contributed by atoms with Crippen LogP contribution in [-0.2, 0) is 0 Å². The molecule has 1 unspecified atom stereocenters. The average molecular weight is 464 g/mol. The number of amides is 1. The van der Waals surface area contributed by atoms with E-state index in [4.69, 9.17) is 5.73 Å². The van der Waals surface area contributed by atoms with Gasteiger partial charge in [-0.2, -0.15) is 5.10 Å². The van der Waals surface area contributed by atoms with E-state index in [2.05, 4.69) is 15.1 Å². The first-order valence-electron chi connectivity index (χ1n) is 10.4. The third kappa shape index (κ3) is 3.60. The van der Waals surface area contributed by atoms with Crippen LogP contribution in [0.25, 0.3) is 22.3 Å². The molecule has 1 aliphatic heterocycles. The molecule has 2 aromatic heterocycles. The Morgan fingerprint density at radius 3 is 2.47 bits per heavy atom. The first-order valence-corrected chi connectivity index (χ1v) is 10.4. The number of anilines is 1. The van der Waals surface area contributed by atoms with Gasteiger partial charge >= 0.3 is 6.09 Å². The SMILES string of the molecule is Nc1ncnc2c1c(-c1ccc(C(=O)c3ccc(F)cc3)cc1F)nn2C1CCN(C(=O)O)C1. The lowest BCUT2D eigenvalue weighted by Crippen LogP contribution is -2.27. The van der Waals surface area contributed by atoms with E-state index >= 15 is 4.39 Å². The molecule has 2 aromatic carbocycles. The maximum Gasteiger partial charge on any atom is 0.407 e. The van der Waals surface area contributed by atoms with Gasteiger partial charge in [-0.1, -0.05) is 6.07 Å². The minimum atomic E-state index is -1.03. The molecule has 3 heterocycles. The molecule has 34 heavy (non-hydrogen) atoms. The Bertz CT molecular complexity index is 1440. The average Bonchev–Trinajstić information content (AvgIpc) is 3.45. The third-order valence-corrected chi connectivity index (χ3v) is 5.89. The number of rotatable bonds is 4. The highest BCUT2D eigenvalue weighted by Gasteiger charge is 2.31. The number of ketones is 1. The lowest BCUT2D eigenvalue weighted by atomic mass is 10.00. The summed E-state index contributed by atoms with van der Waals surface area (Å²) in [6.45, 7) is 0.550. The largest absolute Gasteiger partial charge is 0.465 e. The summed E-state index contributed by atoms with van der Waals surface area (Å²) in [4.78, 5) is 33.6. The summed E-state index contributed by atoms with van der Waals surface area (Å²) in [6.07, 6.45) is 0.755. The van der Waals surface area contributed by atoms with E-state index in [-0.39, 0.29) is 40.8 Å². The fraction of sp³-hybridized carbons (Fsp3) is 0.174. The van der Waals surface area contributed by atoms with Crippen LogP contribution in [-0.4, -0.2) is 54.7 Å². The van der Waals surface area contributed by atoms with Crippen molar-refractivity contribution in [2.75, 3.05) is 18.8 Å². The first kappa shape index (κ1) is 21.4. The molecule has 0 bridgehead atoms. The second-order valence-electron chi connectivity index (χ2n) is 7.95. The van der Waals surface area contributed by atoms with Gasteiger partial charge in [0.25, 0.3) is 0 Å². The van der Waals surface area contributed by atoms with Crippen LogP contribution >= 0.6 is 0 Å². The second kappa shape index (κ2) is 8.18. The molecule has 3 N–H and O–H groups in total. The van der Waals surface area contributed by atoms with Gasteiger partial charge in [-0.15, -0.1) is 0 Å². The topological polar surface area (TPSA) is 127 Å². The Hall–Kier alpha value is -4.41. The minimum Gasteiger partial charge on any atom is -0.465 e. The van der Waals surface area contributed by atoms with Crippen LogP contribution < -0.4 is 5.73 Å². The molecule has 1 fully saturated rings. The maximum atomic E-state index is 15.3. The molecular formula is C23H18F2N6O3. The van der Waals surface area contributed by atoms with Gasteiger partial charge in [0.1, 0.15) is 29.5 Å². The monoisotopic (exact) mass is 464 g/mol. The summed E-state index contributed by atoms with van der Waals surface area (Å²) in [5.74, 6) is -1.54. The normalized spacial score (nSPS) is 15.7. The van der Waals surface area contributed by atoms with E-state index < -0.39 is 23.5 Å². The van der Waals surface area contributed by atoms with Crippen molar-refractivity contribution in [3.05, 3.63) is 71.6 Å². The standard InChI is InChI=1S/C23H18F2N6O3/c24-14-4-1-12(2-5-14)20(32)13-3-6-16(17(25)9-13)19-18-21(26)27-11-28-22(18)31(29-19)15-7-8-30(10-15)23(33)34/h1-6,9,11,15H,7-8,10H2,(H,33,34)(H2,26,27,28). The molecule has 172 valence electrons. The zero-order valence-electron chi connectivity index (χ0n) is 17.7. The summed E-state index contributed by atoms with van der Waals surface area (Å²) in [6, 6.07) is 8.65. The van der Waals surface area contributed by atoms with Gasteiger partial charge in [0.05, 0.1) is 11.4 Å². The van der Waals surface area contributed by atoms with Crippen LogP contribution in [0.1, 0.15) is 28.4 Å². The summed E-state index contributed by atoms with van der Waals surface area (Å²) >= 11 is 0. The number of carbonyl (C=O) groups is 2. The van der Waals surface area contributed by atoms with Gasteiger partial charge in [0, 0.05) is 29.8 Å². The van der Waals surface area contributed by atoms with Crippen molar-refractivity contribution in [3.63, 3.8) is 0 Å². The molecule has 0 aliphatic carbocycles. The molecule has 0 spiro atoms. The summed E-state index contributed by atoms with van der Waals surface area (Å²) in [5, 5.41) is 14.2. The molecule has 0 saturated carbocycles. The van der Waals surface area contributed by atoms with Crippen molar-refractivity contribution in [3.8, 4) is 11.3 Å². The Balaban J connectivity index is 1.56. The van der Waals surface area contributed by atoms with Gasteiger partial charge in [-0.05, 0) is 42.8 Å². The minimum absolute atomic E-state index is 0.0914. The Morgan fingerprint density at radius 1 is 1.06 bits per heavy atom. The molecule has 11 heteroatoms. The van der Waals surface area contributed by atoms with Crippen LogP contribution in [0.4, 0.5) is 19.4 Å². The Labute approximate surface area is 191 Å². The molecule has 1 amide bonds. The number of aromatic nitrogens is 4. The van der Waals surface area contributed by atoms with Gasteiger partial charge in [-0.3, -0.25) is 4.79 Å². The van der Waals surface area contributed by atoms with E-state index in [0.717, 1.165) is 18.2 Å². The highest BCUT2D eigenvalue weighted by molar-refractivity contribution is 6.09. The number of nitrogens with zero attached hydrogens (tertiary/aromatic N) is 5. The number of hydrogen-bond acceptors (Lipinski definition) is 6. The van der Waals surface area contributed by atoms with E-state index in [1.54, 1.807) is 4.68 Å². The molecule has 1 aliphatic rings. The molecule has 1 saturated heterocycles. The number of benzene rings is 2. The number of nitrogen functional groups attached to an aromatic ring is 1. The van der Waals surface area contributed by atoms with Crippen LogP contribution in [0.2, 0.25) is 0 Å². The van der Waals surface area contributed by atoms with Crippen LogP contribution in [0, 0.1) is 11.6 Å². The zero-order valence-corrected chi connectivity index (χ0v) is 17.7. The van der Waals surface area contributed by atoms with E-state index in [9.17, 15) is 19.1 Å². The molecule has 9 nitrogen and oxygen atoms in total. The number of carbonyl (C=O) groups excluding carboxylic acids is 1. The van der Waals surface area contributed by atoms with E-state index in [0.29, 0.717) is 24.0 Å². The van der Waals surface area contributed by atoms with Crippen molar-refractivity contribution < 1.29 is 23.5 Å². The number of likely N-dealkylation sites (tertiary alicyclic amines) is 1. The quantitative estimate of drug-likeness (QED) is 0.443. The highest BCUT2D eigenvalue weighted by Crippen LogP contribution is 2.35. The molecule has 4 aromatic rings. The fourth-order valence-corrected chi connectivity index (χ4v) is 4.17. The number of fused-ring (bicyclic) bond motifs is 1. The van der Waals surface area contributed by atoms with E-state index in [1.165, 1.54) is 35.5 Å². The van der Waals surface area contributed by atoms with Crippen molar-refractivity contribution in [2.24, 2.45) is 0 Å². The summed E-state index contributed by atoms with van der Waals surface area (Å²) in [7, 11) is 0. The second-order valence-corrected chi connectivity index (χ2v) is 7.95. The van der Waals surface area contributed by atoms with Crippen molar-refractivity contribution in [1.82, 2.24) is 24.6 Å². The zero-order chi connectivity index (χ0) is 24.0. The molecule has 1 atom stereocenters. The molecule has 0 radical (unpaired) electrons. The lowest BCUT2D eigenvalue weighted by Gasteiger charge is -2.13. The number of carboxylic acid groups (broad SMARTS) is 1.